The van der Waals surface area contributed by atoms with Crippen LogP contribution in [-0.2, 0) is 0 Å². The van der Waals surface area contributed by atoms with Crippen molar-refractivity contribution in [3.8, 4) is 0 Å². The van der Waals surface area contributed by atoms with Gasteiger partial charge >= 0.3 is 0 Å². The van der Waals surface area contributed by atoms with E-state index in [2.05, 4.69) is 27.7 Å². The normalized spacial score (nSPS) is 33.7. The summed E-state index contributed by atoms with van der Waals surface area (Å²) in [5.74, 6) is 1.92. The van der Waals surface area contributed by atoms with E-state index in [0.29, 0.717) is 17.8 Å². The Morgan fingerprint density at radius 1 is 0.941 bits per heavy atom. The Morgan fingerprint density at radius 2 is 1.41 bits per heavy atom. The van der Waals surface area contributed by atoms with E-state index in [1.165, 1.54) is 6.42 Å². The lowest BCUT2D eigenvalue weighted by atomic mass is 9.72. The monoisotopic (exact) mass is 242 g/mol. The van der Waals surface area contributed by atoms with Crippen molar-refractivity contribution in [2.75, 3.05) is 0 Å². The minimum Gasteiger partial charge on any atom is -0.390 e. The van der Waals surface area contributed by atoms with Crippen molar-refractivity contribution in [1.29, 1.82) is 0 Å². The van der Waals surface area contributed by atoms with Gasteiger partial charge < -0.3 is 10.2 Å². The first-order valence-electron chi connectivity index (χ1n) is 7.35. The molecule has 0 amide bonds. The SMILES string of the molecule is CCC(CC)C(O)C(O)C1CC(C)CC(C)C1. The highest BCUT2D eigenvalue weighted by atomic mass is 16.3. The Balaban J connectivity index is 2.58. The van der Waals surface area contributed by atoms with Crippen LogP contribution >= 0.6 is 0 Å². The largest absolute Gasteiger partial charge is 0.390 e. The fourth-order valence-corrected chi connectivity index (χ4v) is 3.62. The molecule has 4 atom stereocenters. The molecule has 2 nitrogen and oxygen atoms in total. The highest BCUT2D eigenvalue weighted by Gasteiger charge is 2.34. The van der Waals surface area contributed by atoms with E-state index in [1.807, 2.05) is 0 Å². The third-order valence-electron chi connectivity index (χ3n) is 4.58. The van der Waals surface area contributed by atoms with Gasteiger partial charge in [-0.25, -0.2) is 0 Å². The summed E-state index contributed by atoms with van der Waals surface area (Å²) in [6, 6.07) is 0. The molecule has 0 saturated heterocycles. The van der Waals surface area contributed by atoms with E-state index in [4.69, 9.17) is 0 Å². The zero-order valence-corrected chi connectivity index (χ0v) is 11.9. The first-order chi connectivity index (χ1) is 7.99. The maximum Gasteiger partial charge on any atom is 0.0830 e. The van der Waals surface area contributed by atoms with Gasteiger partial charge in [0.2, 0.25) is 0 Å². The van der Waals surface area contributed by atoms with Gasteiger partial charge in [0.15, 0.2) is 0 Å². The molecule has 0 spiro atoms. The van der Waals surface area contributed by atoms with Crippen LogP contribution in [0.5, 0.6) is 0 Å². The van der Waals surface area contributed by atoms with E-state index < -0.39 is 12.2 Å². The smallest absolute Gasteiger partial charge is 0.0830 e. The van der Waals surface area contributed by atoms with E-state index in [-0.39, 0.29) is 5.92 Å². The standard InChI is InChI=1S/C15H30O2/c1-5-12(6-2)14(16)15(17)13-8-10(3)7-11(4)9-13/h10-17H,5-9H2,1-4H3. The Labute approximate surface area is 106 Å². The molecule has 102 valence electrons. The van der Waals surface area contributed by atoms with E-state index in [0.717, 1.165) is 25.7 Å². The second kappa shape index (κ2) is 6.75. The maximum atomic E-state index is 10.4. The number of rotatable bonds is 5. The second-order valence-corrected chi connectivity index (χ2v) is 6.24. The van der Waals surface area contributed by atoms with Crippen molar-refractivity contribution in [2.24, 2.45) is 23.7 Å². The van der Waals surface area contributed by atoms with Crippen LogP contribution in [0.4, 0.5) is 0 Å². The zero-order valence-electron chi connectivity index (χ0n) is 11.9. The molecule has 0 bridgehead atoms. The molecule has 0 aromatic rings. The topological polar surface area (TPSA) is 40.5 Å². The Kier molecular flexibility index (Phi) is 5.94. The molecule has 0 heterocycles. The predicted molar refractivity (Wildman–Crippen MR) is 71.8 cm³/mol. The van der Waals surface area contributed by atoms with E-state index in [9.17, 15) is 10.2 Å². The first kappa shape index (κ1) is 15.0. The number of hydrogen-bond acceptors (Lipinski definition) is 2. The van der Waals surface area contributed by atoms with Crippen LogP contribution in [0.25, 0.3) is 0 Å². The molecule has 0 aliphatic heterocycles. The van der Waals surface area contributed by atoms with Crippen LogP contribution in [0, 0.1) is 23.7 Å². The molecule has 1 fully saturated rings. The summed E-state index contributed by atoms with van der Waals surface area (Å²) in [5, 5.41) is 20.6. The summed E-state index contributed by atoms with van der Waals surface area (Å²) < 4.78 is 0. The Morgan fingerprint density at radius 3 is 1.82 bits per heavy atom. The van der Waals surface area contributed by atoms with Gasteiger partial charge in [0, 0.05) is 0 Å². The lowest BCUT2D eigenvalue weighted by molar-refractivity contribution is -0.0655. The Hall–Kier alpha value is -0.0800. The number of aliphatic hydroxyl groups is 2. The molecule has 2 heteroatoms. The molecule has 4 unspecified atom stereocenters. The third-order valence-corrected chi connectivity index (χ3v) is 4.58. The van der Waals surface area contributed by atoms with Gasteiger partial charge in [-0.05, 0) is 42.9 Å². The van der Waals surface area contributed by atoms with E-state index in [1.54, 1.807) is 0 Å². The average Bonchev–Trinajstić information content (AvgIpc) is 2.28. The van der Waals surface area contributed by atoms with Crippen LogP contribution in [0.15, 0.2) is 0 Å². The number of hydrogen-bond donors (Lipinski definition) is 2. The van der Waals surface area contributed by atoms with Gasteiger partial charge in [-0.3, -0.25) is 0 Å². The molecular formula is C15H30O2. The molecule has 1 rings (SSSR count). The fourth-order valence-electron chi connectivity index (χ4n) is 3.62. The van der Waals surface area contributed by atoms with Crippen LogP contribution in [0.2, 0.25) is 0 Å². The molecular weight excluding hydrogens is 212 g/mol. The second-order valence-electron chi connectivity index (χ2n) is 6.24. The van der Waals surface area contributed by atoms with Crippen molar-refractivity contribution in [2.45, 2.75) is 72.0 Å². The minimum atomic E-state index is -0.535. The molecule has 1 aliphatic rings. The van der Waals surface area contributed by atoms with Gasteiger partial charge in [0.25, 0.3) is 0 Å². The molecule has 2 N–H and O–H groups in total. The van der Waals surface area contributed by atoms with Crippen molar-refractivity contribution in [3.05, 3.63) is 0 Å². The lowest BCUT2D eigenvalue weighted by Gasteiger charge is -2.37. The minimum absolute atomic E-state index is 0.248. The maximum absolute atomic E-state index is 10.4. The summed E-state index contributed by atoms with van der Waals surface area (Å²) in [4.78, 5) is 0. The van der Waals surface area contributed by atoms with Crippen molar-refractivity contribution in [1.82, 2.24) is 0 Å². The summed E-state index contributed by atoms with van der Waals surface area (Å²) in [7, 11) is 0. The van der Waals surface area contributed by atoms with E-state index >= 15 is 0 Å². The average molecular weight is 242 g/mol. The summed E-state index contributed by atoms with van der Waals surface area (Å²) in [6.45, 7) is 8.71. The predicted octanol–water partition coefficient (Wildman–Crippen LogP) is 3.22. The van der Waals surface area contributed by atoms with Crippen LogP contribution < -0.4 is 0 Å². The van der Waals surface area contributed by atoms with Gasteiger partial charge in [0.05, 0.1) is 12.2 Å². The molecule has 0 aromatic heterocycles. The molecule has 1 aliphatic carbocycles. The summed E-state index contributed by atoms with van der Waals surface area (Å²) >= 11 is 0. The van der Waals surface area contributed by atoms with Gasteiger partial charge in [0.1, 0.15) is 0 Å². The van der Waals surface area contributed by atoms with Crippen LogP contribution in [-0.4, -0.2) is 22.4 Å². The first-order valence-corrected chi connectivity index (χ1v) is 7.35. The summed E-state index contributed by atoms with van der Waals surface area (Å²) in [5.41, 5.74) is 0. The highest BCUT2D eigenvalue weighted by molar-refractivity contribution is 4.85. The third kappa shape index (κ3) is 3.96. The van der Waals surface area contributed by atoms with Crippen molar-refractivity contribution >= 4 is 0 Å². The summed E-state index contributed by atoms with van der Waals surface area (Å²) in [6.07, 6.45) is 4.26. The van der Waals surface area contributed by atoms with Gasteiger partial charge in [-0.1, -0.05) is 40.5 Å². The Bertz CT molecular complexity index is 203. The van der Waals surface area contributed by atoms with Crippen LogP contribution in [0.1, 0.15) is 59.8 Å². The molecule has 17 heavy (non-hydrogen) atoms. The highest BCUT2D eigenvalue weighted by Crippen LogP contribution is 2.36. The van der Waals surface area contributed by atoms with Gasteiger partial charge in [-0.15, -0.1) is 0 Å². The molecule has 1 saturated carbocycles. The number of aliphatic hydroxyl groups excluding tert-OH is 2. The molecule has 0 aromatic carbocycles. The van der Waals surface area contributed by atoms with Crippen molar-refractivity contribution < 1.29 is 10.2 Å². The lowest BCUT2D eigenvalue weighted by Crippen LogP contribution is -2.41. The van der Waals surface area contributed by atoms with Gasteiger partial charge in [-0.2, -0.15) is 0 Å². The zero-order chi connectivity index (χ0) is 13.0. The quantitative estimate of drug-likeness (QED) is 0.777. The molecule has 0 radical (unpaired) electrons. The fraction of sp³-hybridized carbons (Fsp3) is 1.00. The van der Waals surface area contributed by atoms with Crippen molar-refractivity contribution in [3.63, 3.8) is 0 Å². The van der Waals surface area contributed by atoms with Crippen LogP contribution in [0.3, 0.4) is 0 Å².